The summed E-state index contributed by atoms with van der Waals surface area (Å²) in [4.78, 5) is 4.48. The summed E-state index contributed by atoms with van der Waals surface area (Å²) in [6.07, 6.45) is 0.744. The van der Waals surface area contributed by atoms with Crippen LogP contribution in [0, 0.1) is 0 Å². The van der Waals surface area contributed by atoms with Gasteiger partial charge in [0.25, 0.3) is 0 Å². The Labute approximate surface area is 43.2 Å². The number of rotatable bonds is 4. The Bertz CT molecular complexity index is 28.9. The normalized spacial score (nSPS) is 9.43. The maximum Gasteiger partial charge on any atom is 0.0572 e. The van der Waals surface area contributed by atoms with Crippen molar-refractivity contribution in [3.63, 3.8) is 0 Å². The van der Waals surface area contributed by atoms with Gasteiger partial charge in [0, 0.05) is 13.2 Å². The molecule has 0 fully saturated rings. The smallest absolute Gasteiger partial charge is 0.0572 e. The van der Waals surface area contributed by atoms with Crippen molar-refractivity contribution in [2.24, 2.45) is 0 Å². The molecule has 0 saturated carbocycles. The van der Waals surface area contributed by atoms with Gasteiger partial charge in [-0.05, 0) is 6.42 Å². The maximum absolute atomic E-state index is 8.20. The first-order valence-electron chi connectivity index (χ1n) is 2.28. The zero-order valence-corrected chi connectivity index (χ0v) is 4.48. The number of hydroxylamine groups is 1. The van der Waals surface area contributed by atoms with Crippen LogP contribution in [0.1, 0.15) is 6.42 Å². The van der Waals surface area contributed by atoms with Crippen molar-refractivity contribution in [2.75, 3.05) is 20.3 Å². The molecule has 0 heterocycles. The first-order valence-corrected chi connectivity index (χ1v) is 2.28. The molecular formula is C4H11NO2. The summed E-state index contributed by atoms with van der Waals surface area (Å²) in [6.45, 7) is 0.934. The van der Waals surface area contributed by atoms with Crippen molar-refractivity contribution in [1.82, 2.24) is 5.48 Å². The molecule has 0 aliphatic heterocycles. The van der Waals surface area contributed by atoms with Gasteiger partial charge in [0.2, 0.25) is 0 Å². The fourth-order valence-corrected chi connectivity index (χ4v) is 0.253. The lowest BCUT2D eigenvalue weighted by molar-refractivity contribution is 0.0865. The zero-order valence-electron chi connectivity index (χ0n) is 4.48. The SMILES string of the molecule is CONCCCO. The van der Waals surface area contributed by atoms with Gasteiger partial charge >= 0.3 is 0 Å². The molecule has 0 radical (unpaired) electrons. The highest BCUT2D eigenvalue weighted by Crippen LogP contribution is 1.68. The maximum atomic E-state index is 8.20. The second-order valence-electron chi connectivity index (χ2n) is 1.18. The fraction of sp³-hybridized carbons (Fsp3) is 1.00. The second kappa shape index (κ2) is 5.88. The predicted octanol–water partition coefficient (Wildman–Crippen LogP) is -0.480. The molecule has 0 rings (SSSR count). The molecule has 0 amide bonds. The van der Waals surface area contributed by atoms with Crippen molar-refractivity contribution < 1.29 is 9.94 Å². The van der Waals surface area contributed by atoms with E-state index in [1.807, 2.05) is 0 Å². The lowest BCUT2D eigenvalue weighted by atomic mass is 10.5. The number of aliphatic hydroxyl groups excluding tert-OH is 1. The van der Waals surface area contributed by atoms with Gasteiger partial charge in [0.15, 0.2) is 0 Å². The van der Waals surface area contributed by atoms with Crippen LogP contribution in [0.4, 0.5) is 0 Å². The Morgan fingerprint density at radius 2 is 2.43 bits per heavy atom. The third kappa shape index (κ3) is 5.88. The van der Waals surface area contributed by atoms with E-state index in [2.05, 4.69) is 10.3 Å². The van der Waals surface area contributed by atoms with E-state index >= 15 is 0 Å². The first-order chi connectivity index (χ1) is 3.41. The summed E-state index contributed by atoms with van der Waals surface area (Å²) in [6, 6.07) is 0. The molecule has 0 aromatic heterocycles. The van der Waals surface area contributed by atoms with Crippen LogP contribution < -0.4 is 5.48 Å². The molecule has 0 bridgehead atoms. The Morgan fingerprint density at radius 3 is 2.86 bits per heavy atom. The summed E-state index contributed by atoms with van der Waals surface area (Å²) >= 11 is 0. The minimum atomic E-state index is 0.219. The first kappa shape index (κ1) is 6.88. The van der Waals surface area contributed by atoms with Gasteiger partial charge in [-0.3, -0.25) is 0 Å². The third-order valence-corrected chi connectivity index (χ3v) is 0.581. The van der Waals surface area contributed by atoms with E-state index in [1.165, 1.54) is 0 Å². The van der Waals surface area contributed by atoms with Gasteiger partial charge in [-0.2, -0.15) is 0 Å². The predicted molar refractivity (Wildman–Crippen MR) is 26.7 cm³/mol. The van der Waals surface area contributed by atoms with E-state index in [-0.39, 0.29) is 6.61 Å². The highest BCUT2D eigenvalue weighted by Gasteiger charge is 1.78. The van der Waals surface area contributed by atoms with Crippen LogP contribution in [0.2, 0.25) is 0 Å². The highest BCUT2D eigenvalue weighted by molar-refractivity contribution is 4.31. The topological polar surface area (TPSA) is 41.5 Å². The standard InChI is InChI=1S/C4H11NO2/c1-7-5-3-2-4-6/h5-6H,2-4H2,1H3. The van der Waals surface area contributed by atoms with Crippen LogP contribution in [0.15, 0.2) is 0 Å². The van der Waals surface area contributed by atoms with Crippen molar-refractivity contribution >= 4 is 0 Å². The van der Waals surface area contributed by atoms with Crippen molar-refractivity contribution in [3.8, 4) is 0 Å². The van der Waals surface area contributed by atoms with Crippen LogP contribution in [-0.4, -0.2) is 25.4 Å². The molecule has 3 nitrogen and oxygen atoms in total. The Hall–Kier alpha value is -0.120. The molecule has 3 heteroatoms. The van der Waals surface area contributed by atoms with E-state index in [0.29, 0.717) is 6.54 Å². The molecular weight excluding hydrogens is 94.0 g/mol. The lowest BCUT2D eigenvalue weighted by Gasteiger charge is -1.95. The monoisotopic (exact) mass is 105 g/mol. The van der Waals surface area contributed by atoms with Crippen LogP contribution in [-0.2, 0) is 4.84 Å². The van der Waals surface area contributed by atoms with Crippen molar-refractivity contribution in [1.29, 1.82) is 0 Å². The Balaban J connectivity index is 2.45. The average Bonchev–Trinajstić information content (AvgIpc) is 1.69. The van der Waals surface area contributed by atoms with Crippen molar-refractivity contribution in [2.45, 2.75) is 6.42 Å². The largest absolute Gasteiger partial charge is 0.396 e. The summed E-state index contributed by atoms with van der Waals surface area (Å²) in [7, 11) is 1.55. The van der Waals surface area contributed by atoms with E-state index in [1.54, 1.807) is 7.11 Å². The number of nitrogens with one attached hydrogen (secondary N) is 1. The van der Waals surface area contributed by atoms with Crippen molar-refractivity contribution in [3.05, 3.63) is 0 Å². The molecule has 0 aromatic carbocycles. The molecule has 0 aliphatic carbocycles. The molecule has 0 saturated heterocycles. The van der Waals surface area contributed by atoms with Gasteiger partial charge in [-0.25, -0.2) is 5.48 Å². The Kier molecular flexibility index (Phi) is 5.78. The molecule has 7 heavy (non-hydrogen) atoms. The number of hydrogen-bond donors (Lipinski definition) is 2. The van der Waals surface area contributed by atoms with Crippen LogP contribution in [0.5, 0.6) is 0 Å². The number of aliphatic hydroxyl groups is 1. The van der Waals surface area contributed by atoms with Gasteiger partial charge in [-0.15, -0.1) is 0 Å². The second-order valence-corrected chi connectivity index (χ2v) is 1.18. The van der Waals surface area contributed by atoms with Crippen LogP contribution >= 0.6 is 0 Å². The van der Waals surface area contributed by atoms with E-state index in [9.17, 15) is 0 Å². The zero-order chi connectivity index (χ0) is 5.54. The number of hydrogen-bond acceptors (Lipinski definition) is 3. The molecule has 0 unspecified atom stereocenters. The average molecular weight is 105 g/mol. The molecule has 0 aliphatic rings. The van der Waals surface area contributed by atoms with Gasteiger partial charge in [-0.1, -0.05) is 0 Å². The lowest BCUT2D eigenvalue weighted by Crippen LogP contribution is -2.13. The van der Waals surface area contributed by atoms with Gasteiger partial charge in [0.1, 0.15) is 0 Å². The minimum Gasteiger partial charge on any atom is -0.396 e. The summed E-state index contributed by atoms with van der Waals surface area (Å²) in [5.74, 6) is 0. The van der Waals surface area contributed by atoms with Gasteiger partial charge < -0.3 is 9.94 Å². The molecule has 0 atom stereocenters. The molecule has 2 N–H and O–H groups in total. The summed E-state index contributed by atoms with van der Waals surface area (Å²) in [5, 5.41) is 8.20. The fourth-order valence-electron chi connectivity index (χ4n) is 0.253. The van der Waals surface area contributed by atoms with E-state index in [4.69, 9.17) is 5.11 Å². The molecule has 0 spiro atoms. The van der Waals surface area contributed by atoms with Gasteiger partial charge in [0.05, 0.1) is 7.11 Å². The van der Waals surface area contributed by atoms with E-state index in [0.717, 1.165) is 6.42 Å². The quantitative estimate of drug-likeness (QED) is 0.375. The molecule has 0 aromatic rings. The van der Waals surface area contributed by atoms with Crippen LogP contribution in [0.3, 0.4) is 0 Å². The van der Waals surface area contributed by atoms with Crippen LogP contribution in [0.25, 0.3) is 0 Å². The minimum absolute atomic E-state index is 0.219. The molecule has 44 valence electrons. The summed E-state index contributed by atoms with van der Waals surface area (Å²) in [5.41, 5.74) is 2.59. The highest BCUT2D eigenvalue weighted by atomic mass is 16.6. The Morgan fingerprint density at radius 1 is 1.71 bits per heavy atom. The summed E-state index contributed by atoms with van der Waals surface area (Å²) < 4.78 is 0. The van der Waals surface area contributed by atoms with E-state index < -0.39 is 0 Å². The third-order valence-electron chi connectivity index (χ3n) is 0.581.